The van der Waals surface area contributed by atoms with E-state index in [4.69, 9.17) is 4.84 Å². The van der Waals surface area contributed by atoms with Gasteiger partial charge >= 0.3 is 6.18 Å². The molecule has 0 radical (unpaired) electrons. The van der Waals surface area contributed by atoms with Gasteiger partial charge in [-0.3, -0.25) is 0 Å². The van der Waals surface area contributed by atoms with E-state index in [1.165, 1.54) is 36.7 Å². The highest BCUT2D eigenvalue weighted by atomic mass is 79.9. The Labute approximate surface area is 194 Å². The highest BCUT2D eigenvalue weighted by Crippen LogP contribution is 2.45. The summed E-state index contributed by atoms with van der Waals surface area (Å²) in [5, 5.41) is 5.11. The molecule has 4 nitrogen and oxygen atoms in total. The van der Waals surface area contributed by atoms with E-state index < -0.39 is 29.6 Å². The number of hydroxylamine groups is 2. The summed E-state index contributed by atoms with van der Waals surface area (Å²) in [5.74, 6) is -1.26. The summed E-state index contributed by atoms with van der Waals surface area (Å²) in [6.07, 6.45) is 1.97. The molecule has 32 heavy (non-hydrogen) atoms. The first-order chi connectivity index (χ1) is 15.2. The standard InChI is InChI=1S/C20H15BrF5N3O.CH3Cl/c1-28-17(13-7-2-3-8-15(13)23)16(21)18(30-28)14-10-27-29(19(14)20(24,25)26)12-6-4-5-11(22)9-12;1-2/h4-10,17H,2-3H2,1H3;1H3. The first kappa shape index (κ1) is 24.5. The van der Waals surface area contributed by atoms with E-state index in [-0.39, 0.29) is 21.5 Å². The molecule has 1 unspecified atom stereocenters. The van der Waals surface area contributed by atoms with Gasteiger partial charge in [-0.1, -0.05) is 12.1 Å². The van der Waals surface area contributed by atoms with Gasteiger partial charge in [-0.25, -0.2) is 13.5 Å². The number of rotatable bonds is 3. The van der Waals surface area contributed by atoms with E-state index in [0.717, 1.165) is 18.3 Å². The van der Waals surface area contributed by atoms with Crippen LogP contribution in [0.3, 0.4) is 0 Å². The van der Waals surface area contributed by atoms with Crippen molar-refractivity contribution in [1.82, 2.24) is 14.8 Å². The molecular weight excluding hydrogens is 521 g/mol. The molecule has 1 aromatic heterocycles. The summed E-state index contributed by atoms with van der Waals surface area (Å²) in [5.41, 5.74) is -1.23. The zero-order valence-corrected chi connectivity index (χ0v) is 19.3. The Hall–Kier alpha value is -2.17. The molecule has 1 atom stereocenters. The van der Waals surface area contributed by atoms with E-state index in [9.17, 15) is 22.0 Å². The predicted octanol–water partition coefficient (Wildman–Crippen LogP) is 6.77. The molecule has 4 rings (SSSR count). The quantitative estimate of drug-likeness (QED) is 0.319. The first-order valence-corrected chi connectivity index (χ1v) is 10.9. The third-order valence-corrected chi connectivity index (χ3v) is 5.61. The molecule has 0 N–H and O–H groups in total. The van der Waals surface area contributed by atoms with Crippen LogP contribution in [0.25, 0.3) is 11.4 Å². The molecule has 172 valence electrons. The third kappa shape index (κ3) is 4.62. The lowest BCUT2D eigenvalue weighted by atomic mass is 9.98. The van der Waals surface area contributed by atoms with Crippen LogP contribution in [0.5, 0.6) is 0 Å². The SMILES string of the molecule is CCl.CN1OC(c2cnn(-c3cccc(F)c3)c2C(F)(F)F)=C(Br)C1C1=CCCC=C1F. The van der Waals surface area contributed by atoms with Gasteiger partial charge in [0.15, 0.2) is 11.5 Å². The summed E-state index contributed by atoms with van der Waals surface area (Å²) in [6.45, 7) is 0. The molecule has 1 aromatic carbocycles. The van der Waals surface area contributed by atoms with E-state index in [1.807, 2.05) is 0 Å². The van der Waals surface area contributed by atoms with Gasteiger partial charge in [-0.15, -0.1) is 16.7 Å². The van der Waals surface area contributed by atoms with Crippen LogP contribution >= 0.6 is 27.5 Å². The summed E-state index contributed by atoms with van der Waals surface area (Å²) in [6, 6.07) is 3.94. The Balaban J connectivity index is 0.00000141. The Morgan fingerprint density at radius 1 is 1.16 bits per heavy atom. The molecule has 11 heteroatoms. The van der Waals surface area contributed by atoms with Gasteiger partial charge in [0.1, 0.15) is 17.7 Å². The second kappa shape index (κ2) is 9.76. The fourth-order valence-corrected chi connectivity index (χ4v) is 4.35. The van der Waals surface area contributed by atoms with Crippen LogP contribution in [0.1, 0.15) is 24.1 Å². The molecule has 2 heterocycles. The minimum absolute atomic E-state index is 0.0860. The highest BCUT2D eigenvalue weighted by Gasteiger charge is 2.44. The lowest BCUT2D eigenvalue weighted by Gasteiger charge is -2.22. The summed E-state index contributed by atoms with van der Waals surface area (Å²) in [7, 11) is 1.51. The minimum Gasteiger partial charge on any atom is -0.404 e. The second-order valence-electron chi connectivity index (χ2n) is 6.80. The fourth-order valence-electron chi connectivity index (χ4n) is 3.53. The number of halogens is 7. The van der Waals surface area contributed by atoms with Crippen LogP contribution in [0.15, 0.2) is 58.5 Å². The summed E-state index contributed by atoms with van der Waals surface area (Å²) < 4.78 is 70.7. The number of hydrogen-bond acceptors (Lipinski definition) is 3. The molecule has 0 amide bonds. The van der Waals surface area contributed by atoms with Gasteiger partial charge in [-0.2, -0.15) is 18.3 Å². The van der Waals surface area contributed by atoms with Crippen molar-refractivity contribution < 1.29 is 26.8 Å². The van der Waals surface area contributed by atoms with Crippen molar-refractivity contribution in [2.45, 2.75) is 25.1 Å². The van der Waals surface area contributed by atoms with Crippen molar-refractivity contribution in [2.75, 3.05) is 13.4 Å². The van der Waals surface area contributed by atoms with Gasteiger partial charge in [0, 0.05) is 19.0 Å². The van der Waals surface area contributed by atoms with Gasteiger partial charge in [-0.05, 0) is 53.0 Å². The number of aromatic nitrogens is 2. The molecule has 1 aliphatic carbocycles. The number of likely N-dealkylation sites (N-methyl/N-ethyl adjacent to an activating group) is 1. The number of nitrogens with zero attached hydrogens (tertiary/aromatic N) is 3. The van der Waals surface area contributed by atoms with Gasteiger partial charge in [0.05, 0.1) is 21.9 Å². The van der Waals surface area contributed by atoms with Crippen LogP contribution < -0.4 is 0 Å². The Bertz CT molecular complexity index is 1090. The van der Waals surface area contributed by atoms with E-state index >= 15 is 0 Å². The summed E-state index contributed by atoms with van der Waals surface area (Å²) in [4.78, 5) is 5.59. The van der Waals surface area contributed by atoms with Crippen molar-refractivity contribution in [3.05, 3.63) is 75.6 Å². The predicted molar refractivity (Wildman–Crippen MR) is 115 cm³/mol. The van der Waals surface area contributed by atoms with Crippen LogP contribution in [0, 0.1) is 5.82 Å². The molecule has 2 aromatic rings. The average Bonchev–Trinajstić information content (AvgIpc) is 3.31. The van der Waals surface area contributed by atoms with E-state index in [1.54, 1.807) is 6.08 Å². The molecule has 0 saturated heterocycles. The number of allylic oxidation sites excluding steroid dienone is 2. The molecule has 2 aliphatic rings. The number of benzene rings is 1. The number of alkyl halides is 4. The molecule has 1 aliphatic heterocycles. The fraction of sp³-hybridized carbons (Fsp3) is 0.286. The smallest absolute Gasteiger partial charge is 0.404 e. The van der Waals surface area contributed by atoms with E-state index in [0.29, 0.717) is 23.1 Å². The highest BCUT2D eigenvalue weighted by molar-refractivity contribution is 9.12. The van der Waals surface area contributed by atoms with Crippen molar-refractivity contribution in [3.63, 3.8) is 0 Å². The molecule has 0 saturated carbocycles. The van der Waals surface area contributed by atoms with Crippen molar-refractivity contribution in [3.8, 4) is 5.69 Å². The maximum atomic E-state index is 14.3. The Kier molecular flexibility index (Phi) is 7.46. The molecule has 0 fully saturated rings. The maximum absolute atomic E-state index is 14.3. The second-order valence-corrected chi connectivity index (χ2v) is 7.66. The topological polar surface area (TPSA) is 30.3 Å². The normalized spacial score (nSPS) is 19.2. The molecule has 0 bridgehead atoms. The zero-order chi connectivity index (χ0) is 23.6. The number of hydrogen-bond donors (Lipinski definition) is 0. The lowest BCUT2D eigenvalue weighted by molar-refractivity contribution is -0.143. The molecular formula is C21H18BrClF5N3O. The maximum Gasteiger partial charge on any atom is 0.434 e. The summed E-state index contributed by atoms with van der Waals surface area (Å²) >= 11 is 7.94. The zero-order valence-electron chi connectivity index (χ0n) is 16.9. The van der Waals surface area contributed by atoms with Crippen molar-refractivity contribution in [1.29, 1.82) is 0 Å². The molecule has 0 spiro atoms. The van der Waals surface area contributed by atoms with Gasteiger partial charge < -0.3 is 4.84 Å². The van der Waals surface area contributed by atoms with Gasteiger partial charge in [0.25, 0.3) is 0 Å². The average molecular weight is 539 g/mol. The van der Waals surface area contributed by atoms with E-state index in [2.05, 4.69) is 32.6 Å². The van der Waals surface area contributed by atoms with Crippen LogP contribution in [-0.4, -0.2) is 34.3 Å². The Morgan fingerprint density at radius 2 is 1.84 bits per heavy atom. The van der Waals surface area contributed by atoms with Gasteiger partial charge in [0.2, 0.25) is 0 Å². The largest absolute Gasteiger partial charge is 0.434 e. The first-order valence-electron chi connectivity index (χ1n) is 9.34. The van der Waals surface area contributed by atoms with Crippen molar-refractivity contribution in [2.24, 2.45) is 0 Å². The van der Waals surface area contributed by atoms with Crippen LogP contribution in [0.2, 0.25) is 0 Å². The van der Waals surface area contributed by atoms with Crippen molar-refractivity contribution >= 4 is 33.3 Å². The lowest BCUT2D eigenvalue weighted by Crippen LogP contribution is -2.28. The van der Waals surface area contributed by atoms with Crippen LogP contribution in [-0.2, 0) is 11.0 Å². The Morgan fingerprint density at radius 3 is 2.47 bits per heavy atom. The third-order valence-electron chi connectivity index (χ3n) is 4.82. The minimum atomic E-state index is -4.81. The van der Waals surface area contributed by atoms with Crippen LogP contribution in [0.4, 0.5) is 22.0 Å². The monoisotopic (exact) mass is 537 g/mol.